The van der Waals surface area contributed by atoms with Crippen LogP contribution in [0.4, 0.5) is 0 Å². The van der Waals surface area contributed by atoms with Crippen molar-refractivity contribution in [3.63, 3.8) is 0 Å². The van der Waals surface area contributed by atoms with Gasteiger partial charge in [0.1, 0.15) is 0 Å². The third kappa shape index (κ3) is 6.85. The van der Waals surface area contributed by atoms with E-state index in [0.717, 1.165) is 16.3 Å². The van der Waals surface area contributed by atoms with E-state index in [4.69, 9.17) is 9.47 Å². The molecule has 1 aromatic carbocycles. The first kappa shape index (κ1) is 19.4. The van der Waals surface area contributed by atoms with E-state index >= 15 is 0 Å². The van der Waals surface area contributed by atoms with E-state index in [1.807, 2.05) is 24.4 Å². The number of aromatic nitrogens is 1. The summed E-state index contributed by atoms with van der Waals surface area (Å²) < 4.78 is 9.95. The molecule has 1 aromatic heterocycles. The van der Waals surface area contributed by atoms with Crippen LogP contribution in [0.5, 0.6) is 0 Å². The molecule has 6 nitrogen and oxygen atoms in total. The highest BCUT2D eigenvalue weighted by molar-refractivity contribution is 7.98. The van der Waals surface area contributed by atoms with Gasteiger partial charge in [0.15, 0.2) is 6.61 Å². The van der Waals surface area contributed by atoms with Crippen molar-refractivity contribution in [1.29, 1.82) is 0 Å². The van der Waals surface area contributed by atoms with Crippen LogP contribution in [0.15, 0.2) is 40.1 Å². The van der Waals surface area contributed by atoms with Crippen molar-refractivity contribution < 1.29 is 19.1 Å². The summed E-state index contributed by atoms with van der Waals surface area (Å²) in [4.78, 5) is 28.9. The number of thioether (sulfide) groups is 1. The Hall–Kier alpha value is -1.90. The van der Waals surface area contributed by atoms with Crippen molar-refractivity contribution in [1.82, 2.24) is 10.3 Å². The summed E-state index contributed by atoms with van der Waals surface area (Å²) in [6, 6.07) is 6.96. The normalized spacial score (nSPS) is 11.8. The van der Waals surface area contributed by atoms with E-state index in [2.05, 4.69) is 10.3 Å². The van der Waals surface area contributed by atoms with Gasteiger partial charge >= 0.3 is 5.97 Å². The smallest absolute Gasteiger partial charge is 0.338 e. The largest absolute Gasteiger partial charge is 0.452 e. The van der Waals surface area contributed by atoms with Gasteiger partial charge in [-0.15, -0.1) is 23.1 Å². The van der Waals surface area contributed by atoms with Crippen LogP contribution in [0, 0.1) is 0 Å². The predicted molar refractivity (Wildman–Crippen MR) is 97.9 cm³/mol. The molecule has 0 aliphatic heterocycles. The fourth-order valence-electron chi connectivity index (χ4n) is 1.98. The molecule has 1 atom stereocenters. The SMILES string of the molecule is COCC(C)NC(=O)COC(=O)c1ccc(SCc2cscn2)cc1. The van der Waals surface area contributed by atoms with Gasteiger partial charge in [0.25, 0.3) is 5.91 Å². The number of nitrogens with one attached hydrogen (secondary N) is 1. The molecule has 1 heterocycles. The van der Waals surface area contributed by atoms with Gasteiger partial charge in [-0.05, 0) is 31.2 Å². The molecule has 0 aliphatic carbocycles. The molecule has 1 unspecified atom stereocenters. The van der Waals surface area contributed by atoms with Gasteiger partial charge in [0.05, 0.1) is 23.4 Å². The average Bonchev–Trinajstić information content (AvgIpc) is 3.12. The lowest BCUT2D eigenvalue weighted by atomic mass is 10.2. The molecule has 2 aromatic rings. The predicted octanol–water partition coefficient (Wildman–Crippen LogP) is 2.74. The molecule has 0 saturated carbocycles. The van der Waals surface area contributed by atoms with Crippen molar-refractivity contribution in [2.24, 2.45) is 0 Å². The summed E-state index contributed by atoms with van der Waals surface area (Å²) in [6.07, 6.45) is 0. The molecule has 1 N–H and O–H groups in total. The molecule has 8 heteroatoms. The second-order valence-corrected chi connectivity index (χ2v) is 7.06. The quantitative estimate of drug-likeness (QED) is 0.532. The third-order valence-corrected chi connectivity index (χ3v) is 4.80. The fraction of sp³-hybridized carbons (Fsp3) is 0.353. The monoisotopic (exact) mass is 380 g/mol. The van der Waals surface area contributed by atoms with E-state index in [1.165, 1.54) is 0 Å². The summed E-state index contributed by atoms with van der Waals surface area (Å²) in [7, 11) is 1.56. The Balaban J connectivity index is 1.76. The molecular formula is C17H20N2O4S2. The van der Waals surface area contributed by atoms with Crippen molar-refractivity contribution in [3.05, 3.63) is 46.4 Å². The Morgan fingerprint density at radius 2 is 2.08 bits per heavy atom. The van der Waals surface area contributed by atoms with E-state index in [0.29, 0.717) is 12.2 Å². The number of thiazole rings is 1. The zero-order chi connectivity index (χ0) is 18.1. The number of carbonyl (C=O) groups excluding carboxylic acids is 2. The standard InChI is InChI=1S/C17H20N2O4S2/c1-12(7-22-2)19-16(20)8-23-17(21)13-3-5-15(6-4-13)25-10-14-9-24-11-18-14/h3-6,9,11-12H,7-8,10H2,1-2H3,(H,19,20). The first-order valence-electron chi connectivity index (χ1n) is 7.64. The van der Waals surface area contributed by atoms with Crippen LogP contribution in [-0.2, 0) is 20.0 Å². The lowest BCUT2D eigenvalue weighted by molar-refractivity contribution is -0.125. The minimum atomic E-state index is -0.523. The van der Waals surface area contributed by atoms with Crippen LogP contribution in [0.25, 0.3) is 0 Å². The van der Waals surface area contributed by atoms with Gasteiger partial charge in [0, 0.05) is 29.2 Å². The van der Waals surface area contributed by atoms with Crippen LogP contribution in [0.3, 0.4) is 0 Å². The van der Waals surface area contributed by atoms with Crippen molar-refractivity contribution in [2.75, 3.05) is 20.3 Å². The number of nitrogens with zero attached hydrogens (tertiary/aromatic N) is 1. The van der Waals surface area contributed by atoms with E-state index < -0.39 is 5.97 Å². The highest BCUT2D eigenvalue weighted by Gasteiger charge is 2.12. The molecule has 0 saturated heterocycles. The fourth-order valence-corrected chi connectivity index (χ4v) is 3.44. The third-order valence-electron chi connectivity index (χ3n) is 3.12. The lowest BCUT2D eigenvalue weighted by Gasteiger charge is -2.12. The number of ether oxygens (including phenoxy) is 2. The molecule has 0 radical (unpaired) electrons. The Bertz CT molecular complexity index is 674. The van der Waals surface area contributed by atoms with Crippen molar-refractivity contribution in [2.45, 2.75) is 23.6 Å². The summed E-state index contributed by atoms with van der Waals surface area (Å²) >= 11 is 3.21. The van der Waals surface area contributed by atoms with Crippen molar-refractivity contribution in [3.8, 4) is 0 Å². The van der Waals surface area contributed by atoms with Crippen molar-refractivity contribution >= 4 is 35.0 Å². The van der Waals surface area contributed by atoms with Crippen LogP contribution in [0.2, 0.25) is 0 Å². The Kier molecular flexibility index (Phi) is 7.90. The molecule has 2 rings (SSSR count). The summed E-state index contributed by atoms with van der Waals surface area (Å²) in [5.41, 5.74) is 3.25. The molecule has 134 valence electrons. The van der Waals surface area contributed by atoms with Crippen LogP contribution < -0.4 is 5.32 Å². The number of rotatable bonds is 9. The Labute approximate surface area is 154 Å². The molecule has 1 amide bonds. The second kappa shape index (κ2) is 10.2. The van der Waals surface area contributed by atoms with E-state index in [9.17, 15) is 9.59 Å². The number of hydrogen-bond acceptors (Lipinski definition) is 7. The summed E-state index contributed by atoms with van der Waals surface area (Å²) in [5, 5.41) is 4.69. The van der Waals surface area contributed by atoms with Gasteiger partial charge in [-0.1, -0.05) is 0 Å². The molecule has 0 spiro atoms. The van der Waals surface area contributed by atoms with E-state index in [1.54, 1.807) is 47.9 Å². The molecule has 0 bridgehead atoms. The molecule has 0 fully saturated rings. The van der Waals surface area contributed by atoms with Crippen LogP contribution >= 0.6 is 23.1 Å². The maximum Gasteiger partial charge on any atom is 0.338 e. The number of esters is 1. The maximum absolute atomic E-state index is 12.0. The van der Waals surface area contributed by atoms with Gasteiger partial charge in [-0.2, -0.15) is 0 Å². The number of benzene rings is 1. The topological polar surface area (TPSA) is 77.5 Å². The van der Waals surface area contributed by atoms with Crippen LogP contribution in [-0.4, -0.2) is 43.2 Å². The molecule has 25 heavy (non-hydrogen) atoms. The summed E-state index contributed by atoms with van der Waals surface area (Å²) in [6.45, 7) is 1.90. The first-order chi connectivity index (χ1) is 12.1. The average molecular weight is 380 g/mol. The highest BCUT2D eigenvalue weighted by Crippen LogP contribution is 2.23. The number of hydrogen-bond donors (Lipinski definition) is 1. The van der Waals surface area contributed by atoms with Gasteiger partial charge in [-0.25, -0.2) is 9.78 Å². The zero-order valence-electron chi connectivity index (χ0n) is 14.1. The number of carbonyl (C=O) groups is 2. The first-order valence-corrected chi connectivity index (χ1v) is 9.56. The molecule has 0 aliphatic rings. The number of amides is 1. The Morgan fingerprint density at radius 1 is 1.32 bits per heavy atom. The van der Waals surface area contributed by atoms with Crippen LogP contribution in [0.1, 0.15) is 23.0 Å². The van der Waals surface area contributed by atoms with Gasteiger partial charge < -0.3 is 14.8 Å². The number of methoxy groups -OCH3 is 1. The minimum Gasteiger partial charge on any atom is -0.452 e. The van der Waals surface area contributed by atoms with Gasteiger partial charge in [-0.3, -0.25) is 4.79 Å². The van der Waals surface area contributed by atoms with Gasteiger partial charge in [0.2, 0.25) is 0 Å². The molecular weight excluding hydrogens is 360 g/mol. The maximum atomic E-state index is 12.0. The Morgan fingerprint density at radius 3 is 2.72 bits per heavy atom. The highest BCUT2D eigenvalue weighted by atomic mass is 32.2. The minimum absolute atomic E-state index is 0.134. The second-order valence-electron chi connectivity index (χ2n) is 5.29. The zero-order valence-corrected chi connectivity index (χ0v) is 15.7. The summed E-state index contributed by atoms with van der Waals surface area (Å²) in [5.74, 6) is -0.0911. The lowest BCUT2D eigenvalue weighted by Crippen LogP contribution is -2.38. The van der Waals surface area contributed by atoms with E-state index in [-0.39, 0.29) is 18.6 Å².